The van der Waals surface area contributed by atoms with Crippen molar-refractivity contribution < 1.29 is 9.53 Å². The summed E-state index contributed by atoms with van der Waals surface area (Å²) in [5.41, 5.74) is 7.17. The van der Waals surface area contributed by atoms with Gasteiger partial charge in [-0.15, -0.1) is 11.3 Å². The van der Waals surface area contributed by atoms with Gasteiger partial charge >= 0.3 is 0 Å². The molecule has 1 aromatic heterocycles. The zero-order valence-electron chi connectivity index (χ0n) is 11.5. The molecule has 2 rings (SSSR count). The number of para-hydroxylation sites is 2. The van der Waals surface area contributed by atoms with Gasteiger partial charge in [0.25, 0.3) is 5.91 Å². The third-order valence-corrected chi connectivity index (χ3v) is 3.58. The average Bonchev–Trinajstić information content (AvgIpc) is 2.82. The van der Waals surface area contributed by atoms with Crippen LogP contribution in [0.2, 0.25) is 0 Å². The summed E-state index contributed by atoms with van der Waals surface area (Å²) < 4.78 is 5.43. The molecule has 0 bridgehead atoms. The van der Waals surface area contributed by atoms with Gasteiger partial charge in [0.2, 0.25) is 0 Å². The molecule has 0 aliphatic heterocycles. The number of hydrogen-bond acceptors (Lipinski definition) is 5. The molecular weight excluding hydrogens is 274 g/mol. The first-order valence-corrected chi connectivity index (χ1v) is 7.06. The van der Waals surface area contributed by atoms with Gasteiger partial charge in [-0.2, -0.15) is 0 Å². The lowest BCUT2D eigenvalue weighted by atomic mass is 10.3. The molecule has 0 radical (unpaired) electrons. The van der Waals surface area contributed by atoms with Gasteiger partial charge in [0.05, 0.1) is 22.9 Å². The van der Waals surface area contributed by atoms with Crippen LogP contribution >= 0.6 is 11.3 Å². The summed E-state index contributed by atoms with van der Waals surface area (Å²) in [4.78, 5) is 17.9. The van der Waals surface area contributed by atoms with Crippen molar-refractivity contribution in [2.24, 2.45) is 0 Å². The van der Waals surface area contributed by atoms with Gasteiger partial charge in [-0.05, 0) is 19.1 Å². The number of thiazole rings is 1. The van der Waals surface area contributed by atoms with E-state index >= 15 is 0 Å². The van der Waals surface area contributed by atoms with Crippen LogP contribution in [0.5, 0.6) is 5.75 Å². The highest BCUT2D eigenvalue weighted by Crippen LogP contribution is 2.19. The average molecular weight is 291 g/mol. The molecule has 0 spiro atoms. The summed E-state index contributed by atoms with van der Waals surface area (Å²) in [6, 6.07) is 7.12. The molecule has 1 aromatic carbocycles. The van der Waals surface area contributed by atoms with Crippen molar-refractivity contribution in [1.82, 2.24) is 9.88 Å². The van der Waals surface area contributed by atoms with Crippen LogP contribution in [0.3, 0.4) is 0 Å². The van der Waals surface area contributed by atoms with Crippen LogP contribution in [0, 0.1) is 6.92 Å². The summed E-state index contributed by atoms with van der Waals surface area (Å²) in [5.74, 6) is 0.414. The number of carbonyl (C=O) groups excluding carboxylic acids is 1. The number of aryl methyl sites for hydroxylation is 1. The number of rotatable bonds is 5. The lowest BCUT2D eigenvalue weighted by Crippen LogP contribution is -2.31. The molecule has 0 aliphatic rings. The Morgan fingerprint density at radius 3 is 2.85 bits per heavy atom. The number of benzene rings is 1. The standard InChI is InChI=1S/C14H17N3O2S/c1-10-16-11(9-20-10)7-17(2)14(18)8-19-13-6-4-3-5-12(13)15/h3-6,9H,7-8,15H2,1-2H3. The minimum atomic E-state index is -0.112. The first kappa shape index (κ1) is 14.3. The van der Waals surface area contributed by atoms with E-state index in [2.05, 4.69) is 4.98 Å². The molecule has 0 aliphatic carbocycles. The summed E-state index contributed by atoms with van der Waals surface area (Å²) >= 11 is 1.57. The van der Waals surface area contributed by atoms with Crippen LogP contribution in [0.15, 0.2) is 29.6 Å². The number of aromatic nitrogens is 1. The van der Waals surface area contributed by atoms with Crippen molar-refractivity contribution in [1.29, 1.82) is 0 Å². The van der Waals surface area contributed by atoms with Gasteiger partial charge < -0.3 is 15.4 Å². The van der Waals surface area contributed by atoms with Crippen LogP contribution in [0.1, 0.15) is 10.7 Å². The van der Waals surface area contributed by atoms with Crippen LogP contribution in [-0.2, 0) is 11.3 Å². The van der Waals surface area contributed by atoms with E-state index in [-0.39, 0.29) is 12.5 Å². The summed E-state index contributed by atoms with van der Waals surface area (Å²) in [6.07, 6.45) is 0. The van der Waals surface area contributed by atoms with Gasteiger partial charge in [0.1, 0.15) is 5.75 Å². The number of anilines is 1. The zero-order valence-corrected chi connectivity index (χ0v) is 12.3. The minimum Gasteiger partial charge on any atom is -0.482 e. The second-order valence-electron chi connectivity index (χ2n) is 4.43. The third kappa shape index (κ3) is 3.71. The Balaban J connectivity index is 1.87. The quantitative estimate of drug-likeness (QED) is 0.856. The largest absolute Gasteiger partial charge is 0.482 e. The van der Waals surface area contributed by atoms with Crippen molar-refractivity contribution in [2.75, 3.05) is 19.4 Å². The Labute approximate surface area is 122 Å². The Morgan fingerprint density at radius 1 is 1.45 bits per heavy atom. The number of likely N-dealkylation sites (N-methyl/N-ethyl adjacent to an activating group) is 1. The van der Waals surface area contributed by atoms with Crippen LogP contribution in [-0.4, -0.2) is 29.4 Å². The van der Waals surface area contributed by atoms with E-state index < -0.39 is 0 Å². The molecule has 0 atom stereocenters. The van der Waals surface area contributed by atoms with Crippen LogP contribution in [0.4, 0.5) is 5.69 Å². The number of amides is 1. The highest BCUT2D eigenvalue weighted by Gasteiger charge is 2.12. The van der Waals surface area contributed by atoms with E-state index in [0.717, 1.165) is 10.7 Å². The highest BCUT2D eigenvalue weighted by molar-refractivity contribution is 7.09. The Morgan fingerprint density at radius 2 is 2.20 bits per heavy atom. The van der Waals surface area contributed by atoms with E-state index in [0.29, 0.717) is 18.0 Å². The zero-order chi connectivity index (χ0) is 14.5. The predicted molar refractivity (Wildman–Crippen MR) is 79.7 cm³/mol. The summed E-state index contributed by atoms with van der Waals surface area (Å²) in [6.45, 7) is 2.39. The fourth-order valence-electron chi connectivity index (χ4n) is 1.67. The molecule has 106 valence electrons. The number of nitrogens with zero attached hydrogens (tertiary/aromatic N) is 2. The molecule has 6 heteroatoms. The lowest BCUT2D eigenvalue weighted by Gasteiger charge is -2.16. The van der Waals surface area contributed by atoms with Crippen molar-refractivity contribution >= 4 is 22.9 Å². The molecule has 1 heterocycles. The normalized spacial score (nSPS) is 10.3. The maximum Gasteiger partial charge on any atom is 0.260 e. The molecular formula is C14H17N3O2S. The number of hydrogen-bond donors (Lipinski definition) is 1. The van der Waals surface area contributed by atoms with E-state index in [1.54, 1.807) is 35.4 Å². The SMILES string of the molecule is Cc1nc(CN(C)C(=O)COc2ccccc2N)cs1. The first-order chi connectivity index (χ1) is 9.56. The Kier molecular flexibility index (Phi) is 4.57. The monoisotopic (exact) mass is 291 g/mol. The van der Waals surface area contributed by atoms with Crippen molar-refractivity contribution in [2.45, 2.75) is 13.5 Å². The number of nitrogen functional groups attached to an aromatic ring is 1. The topological polar surface area (TPSA) is 68.5 Å². The summed E-state index contributed by atoms with van der Waals surface area (Å²) in [5, 5.41) is 2.95. The molecule has 0 saturated heterocycles. The molecule has 0 fully saturated rings. The maximum atomic E-state index is 12.0. The van der Waals surface area contributed by atoms with Gasteiger partial charge in [0.15, 0.2) is 6.61 Å². The lowest BCUT2D eigenvalue weighted by molar-refractivity contribution is -0.132. The number of nitrogens with two attached hydrogens (primary N) is 1. The van der Waals surface area contributed by atoms with Gasteiger partial charge in [-0.1, -0.05) is 12.1 Å². The van der Waals surface area contributed by atoms with Gasteiger partial charge in [0, 0.05) is 12.4 Å². The van der Waals surface area contributed by atoms with Crippen molar-refractivity contribution in [3.8, 4) is 5.75 Å². The van der Waals surface area contributed by atoms with E-state index in [1.165, 1.54) is 0 Å². The molecule has 2 N–H and O–H groups in total. The van der Waals surface area contributed by atoms with Crippen LogP contribution in [0.25, 0.3) is 0 Å². The predicted octanol–water partition coefficient (Wildman–Crippen LogP) is 2.07. The second-order valence-corrected chi connectivity index (χ2v) is 5.50. The smallest absolute Gasteiger partial charge is 0.260 e. The molecule has 0 unspecified atom stereocenters. The first-order valence-electron chi connectivity index (χ1n) is 6.18. The molecule has 5 nitrogen and oxygen atoms in total. The molecule has 2 aromatic rings. The molecule has 1 amide bonds. The minimum absolute atomic E-state index is 0.0339. The number of carbonyl (C=O) groups is 1. The van der Waals surface area contributed by atoms with Crippen molar-refractivity contribution in [3.63, 3.8) is 0 Å². The molecule has 0 saturated carbocycles. The van der Waals surface area contributed by atoms with E-state index in [4.69, 9.17) is 10.5 Å². The maximum absolute atomic E-state index is 12.0. The Bertz CT molecular complexity index is 598. The summed E-state index contributed by atoms with van der Waals surface area (Å²) in [7, 11) is 1.73. The van der Waals surface area contributed by atoms with Crippen molar-refractivity contribution in [3.05, 3.63) is 40.3 Å². The highest BCUT2D eigenvalue weighted by atomic mass is 32.1. The molecule has 20 heavy (non-hydrogen) atoms. The van der Waals surface area contributed by atoms with Gasteiger partial charge in [-0.3, -0.25) is 4.79 Å². The second kappa shape index (κ2) is 6.38. The number of ether oxygens (including phenoxy) is 1. The van der Waals surface area contributed by atoms with E-state index in [9.17, 15) is 4.79 Å². The van der Waals surface area contributed by atoms with E-state index in [1.807, 2.05) is 24.4 Å². The fraction of sp³-hybridized carbons (Fsp3) is 0.286. The third-order valence-electron chi connectivity index (χ3n) is 2.76. The van der Waals surface area contributed by atoms with Crippen LogP contribution < -0.4 is 10.5 Å². The fourth-order valence-corrected chi connectivity index (χ4v) is 2.28. The Hall–Kier alpha value is -2.08. The van der Waals surface area contributed by atoms with Gasteiger partial charge in [-0.25, -0.2) is 4.98 Å².